The fourth-order valence-corrected chi connectivity index (χ4v) is 3.13. The van der Waals surface area contributed by atoms with E-state index in [2.05, 4.69) is 19.2 Å². The minimum Gasteiger partial charge on any atom is -0.482 e. The fourth-order valence-electron chi connectivity index (χ4n) is 2.90. The summed E-state index contributed by atoms with van der Waals surface area (Å²) >= 11 is 5.93. The van der Waals surface area contributed by atoms with E-state index >= 15 is 0 Å². The normalized spacial score (nSPS) is 24.0. The Balaban J connectivity index is 1.88. The van der Waals surface area contributed by atoms with Crippen molar-refractivity contribution in [3.63, 3.8) is 0 Å². The molecule has 1 aromatic carbocycles. The van der Waals surface area contributed by atoms with Gasteiger partial charge < -0.3 is 10.1 Å². The molecule has 126 valence electrons. The van der Waals surface area contributed by atoms with Crippen LogP contribution in [-0.4, -0.2) is 23.5 Å². The first kappa shape index (κ1) is 17.5. The number of nitro benzene ring substituents is 1. The summed E-state index contributed by atoms with van der Waals surface area (Å²) in [6.45, 7) is 4.20. The smallest absolute Gasteiger partial charge is 0.271 e. The molecule has 0 aromatic heterocycles. The van der Waals surface area contributed by atoms with Crippen LogP contribution in [0.5, 0.6) is 5.75 Å². The van der Waals surface area contributed by atoms with Gasteiger partial charge in [-0.25, -0.2) is 0 Å². The van der Waals surface area contributed by atoms with E-state index in [0.717, 1.165) is 12.8 Å². The molecule has 1 N–H and O–H groups in total. The number of hydrogen-bond donors (Lipinski definition) is 1. The number of nitrogens with zero attached hydrogens (tertiary/aromatic N) is 1. The Morgan fingerprint density at radius 2 is 2.17 bits per heavy atom. The van der Waals surface area contributed by atoms with E-state index in [-0.39, 0.29) is 35.0 Å². The largest absolute Gasteiger partial charge is 0.482 e. The summed E-state index contributed by atoms with van der Waals surface area (Å²) in [6, 6.07) is 4.07. The Hall–Kier alpha value is -1.82. The Bertz CT molecular complexity index is 593. The van der Waals surface area contributed by atoms with Crippen molar-refractivity contribution in [1.82, 2.24) is 5.32 Å². The van der Waals surface area contributed by atoms with Gasteiger partial charge in [0.05, 0.1) is 9.95 Å². The summed E-state index contributed by atoms with van der Waals surface area (Å²) in [5.41, 5.74) is -0.114. The highest BCUT2D eigenvalue weighted by Gasteiger charge is 2.28. The number of ether oxygens (including phenoxy) is 1. The number of nitro groups is 1. The summed E-state index contributed by atoms with van der Waals surface area (Å²) < 4.78 is 5.37. The highest BCUT2D eigenvalue weighted by Crippen LogP contribution is 2.30. The van der Waals surface area contributed by atoms with Gasteiger partial charge in [0.1, 0.15) is 5.75 Å². The minimum atomic E-state index is -0.534. The molecule has 1 amide bonds. The second kappa shape index (κ2) is 7.64. The van der Waals surface area contributed by atoms with Crippen LogP contribution in [0.2, 0.25) is 5.02 Å². The topological polar surface area (TPSA) is 81.5 Å². The maximum Gasteiger partial charge on any atom is 0.271 e. The van der Waals surface area contributed by atoms with Crippen molar-refractivity contribution in [2.45, 2.75) is 39.2 Å². The zero-order chi connectivity index (χ0) is 17.0. The van der Waals surface area contributed by atoms with Crippen LogP contribution in [0.25, 0.3) is 0 Å². The van der Waals surface area contributed by atoms with Gasteiger partial charge in [0.25, 0.3) is 11.6 Å². The van der Waals surface area contributed by atoms with Gasteiger partial charge in [-0.2, -0.15) is 0 Å². The molecule has 1 aromatic rings. The molecule has 0 radical (unpaired) electrons. The summed E-state index contributed by atoms with van der Waals surface area (Å²) in [6.07, 6.45) is 3.30. The molecular formula is C16H21ClN2O4. The molecule has 1 fully saturated rings. The Morgan fingerprint density at radius 1 is 1.43 bits per heavy atom. The molecule has 2 rings (SSSR count). The molecule has 1 aliphatic carbocycles. The number of amides is 1. The van der Waals surface area contributed by atoms with Gasteiger partial charge in [0, 0.05) is 18.2 Å². The van der Waals surface area contributed by atoms with E-state index in [1.54, 1.807) is 0 Å². The molecule has 23 heavy (non-hydrogen) atoms. The molecule has 0 spiro atoms. The molecule has 7 heteroatoms. The van der Waals surface area contributed by atoms with Crippen LogP contribution in [0, 0.1) is 22.0 Å². The lowest BCUT2D eigenvalue weighted by atomic mass is 9.78. The van der Waals surface area contributed by atoms with Crippen molar-refractivity contribution in [3.8, 4) is 5.75 Å². The highest BCUT2D eigenvalue weighted by atomic mass is 35.5. The van der Waals surface area contributed by atoms with Crippen molar-refractivity contribution >= 4 is 23.2 Å². The van der Waals surface area contributed by atoms with Crippen LogP contribution in [0.4, 0.5) is 5.69 Å². The summed E-state index contributed by atoms with van der Waals surface area (Å²) in [5.74, 6) is 1.09. The predicted octanol–water partition coefficient (Wildman–Crippen LogP) is 3.57. The first-order valence-corrected chi connectivity index (χ1v) is 8.12. The monoisotopic (exact) mass is 340 g/mol. The van der Waals surface area contributed by atoms with Gasteiger partial charge in [-0.1, -0.05) is 38.3 Å². The van der Waals surface area contributed by atoms with Gasteiger partial charge in [0.2, 0.25) is 0 Å². The third kappa shape index (κ3) is 4.58. The van der Waals surface area contributed by atoms with Crippen LogP contribution >= 0.6 is 11.6 Å². The second-order valence-electron chi connectivity index (χ2n) is 6.10. The van der Waals surface area contributed by atoms with Crippen molar-refractivity contribution in [2.75, 3.05) is 6.61 Å². The predicted molar refractivity (Wildman–Crippen MR) is 87.7 cm³/mol. The molecule has 0 heterocycles. The second-order valence-corrected chi connectivity index (χ2v) is 6.51. The number of rotatable bonds is 5. The Kier molecular flexibility index (Phi) is 5.82. The van der Waals surface area contributed by atoms with Crippen molar-refractivity contribution < 1.29 is 14.5 Å². The van der Waals surface area contributed by atoms with Crippen LogP contribution in [0.1, 0.15) is 33.1 Å². The summed E-state index contributed by atoms with van der Waals surface area (Å²) in [5, 5.41) is 13.8. The van der Waals surface area contributed by atoms with Gasteiger partial charge in [0.15, 0.2) is 6.61 Å². The number of carbonyl (C=O) groups is 1. The number of non-ortho nitro benzene ring substituents is 1. The third-order valence-electron chi connectivity index (χ3n) is 4.54. The Morgan fingerprint density at radius 3 is 2.83 bits per heavy atom. The van der Waals surface area contributed by atoms with E-state index in [4.69, 9.17) is 16.3 Å². The molecule has 0 unspecified atom stereocenters. The highest BCUT2D eigenvalue weighted by molar-refractivity contribution is 6.32. The number of halogens is 1. The molecule has 1 saturated carbocycles. The fraction of sp³-hybridized carbons (Fsp3) is 0.562. The van der Waals surface area contributed by atoms with E-state index in [0.29, 0.717) is 11.8 Å². The van der Waals surface area contributed by atoms with E-state index in [1.165, 1.54) is 24.6 Å². The molecular weight excluding hydrogens is 320 g/mol. The summed E-state index contributed by atoms with van der Waals surface area (Å²) in [7, 11) is 0. The van der Waals surface area contributed by atoms with Crippen molar-refractivity contribution in [2.24, 2.45) is 11.8 Å². The quantitative estimate of drug-likeness (QED) is 0.656. The van der Waals surface area contributed by atoms with Gasteiger partial charge >= 0.3 is 0 Å². The van der Waals surface area contributed by atoms with Gasteiger partial charge in [-0.15, -0.1) is 0 Å². The van der Waals surface area contributed by atoms with Crippen molar-refractivity contribution in [3.05, 3.63) is 33.3 Å². The number of nitrogens with one attached hydrogen (secondary N) is 1. The van der Waals surface area contributed by atoms with Crippen LogP contribution < -0.4 is 10.1 Å². The van der Waals surface area contributed by atoms with Crippen LogP contribution in [0.15, 0.2) is 18.2 Å². The maximum absolute atomic E-state index is 12.0. The standard InChI is InChI=1S/C16H21ClN2O4/c1-10-4-3-5-14(11(10)2)18-16(20)9-23-15-7-6-12(19(21)22)8-13(15)17/h6-8,10-11,14H,3-5,9H2,1-2H3,(H,18,20)/t10-,11+,14+/m0/s1. The molecule has 0 aliphatic heterocycles. The maximum atomic E-state index is 12.0. The average Bonchev–Trinajstić information content (AvgIpc) is 2.50. The van der Waals surface area contributed by atoms with E-state index in [9.17, 15) is 14.9 Å². The van der Waals surface area contributed by atoms with Gasteiger partial charge in [-0.05, 0) is 24.3 Å². The average molecular weight is 341 g/mol. The van der Waals surface area contributed by atoms with Crippen molar-refractivity contribution in [1.29, 1.82) is 0 Å². The Labute approximate surface area is 140 Å². The lowest BCUT2D eigenvalue weighted by Gasteiger charge is -2.34. The van der Waals surface area contributed by atoms with E-state index < -0.39 is 4.92 Å². The molecule has 0 saturated heterocycles. The minimum absolute atomic E-state index is 0.114. The van der Waals surface area contributed by atoms with Crippen LogP contribution in [-0.2, 0) is 4.79 Å². The zero-order valence-corrected chi connectivity index (χ0v) is 14.0. The molecule has 6 nitrogen and oxygen atoms in total. The van der Waals surface area contributed by atoms with Crippen LogP contribution in [0.3, 0.4) is 0 Å². The zero-order valence-electron chi connectivity index (χ0n) is 13.3. The first-order valence-electron chi connectivity index (χ1n) is 7.74. The lowest BCUT2D eigenvalue weighted by molar-refractivity contribution is -0.384. The molecule has 0 bridgehead atoms. The van der Waals surface area contributed by atoms with Gasteiger partial charge in [-0.3, -0.25) is 14.9 Å². The number of benzene rings is 1. The number of hydrogen-bond acceptors (Lipinski definition) is 4. The lowest BCUT2D eigenvalue weighted by Crippen LogP contribution is -2.45. The third-order valence-corrected chi connectivity index (χ3v) is 4.83. The van der Waals surface area contributed by atoms with E-state index in [1.807, 2.05) is 0 Å². The first-order chi connectivity index (χ1) is 10.9. The SMILES string of the molecule is C[C@@H]1[C@@H](C)CCC[C@H]1NC(=O)COc1ccc([N+](=O)[O-])cc1Cl. The number of carbonyl (C=O) groups excluding carboxylic acids is 1. The summed E-state index contributed by atoms with van der Waals surface area (Å²) in [4.78, 5) is 22.2. The molecule has 3 atom stereocenters. The molecule has 1 aliphatic rings.